The second-order valence-electron chi connectivity index (χ2n) is 6.58. The summed E-state index contributed by atoms with van der Waals surface area (Å²) < 4.78 is 21.3. The molecular formula is C25H23NO5. The number of rotatable bonds is 10. The highest BCUT2D eigenvalue weighted by atomic mass is 16.5. The second-order valence-corrected chi connectivity index (χ2v) is 6.58. The number of carbonyl (C=O) groups is 1. The first-order valence-corrected chi connectivity index (χ1v) is 9.82. The summed E-state index contributed by atoms with van der Waals surface area (Å²) in [7, 11) is 1.62. The molecule has 0 atom stereocenters. The summed E-state index contributed by atoms with van der Waals surface area (Å²) in [6.45, 7) is 1.96. The standard InChI is InChI=1S/C25H23NO5/c1-28-14-15-29-16-17-30-23-10-8-22(9-11-23)25(27)31-24-12-6-21(7-13-24)20-4-2-19(18-26)3-5-20/h2-13H,14-17H2,1H3. The summed E-state index contributed by atoms with van der Waals surface area (Å²) in [4.78, 5) is 12.4. The predicted octanol–water partition coefficient (Wildman–Crippen LogP) is 4.49. The Kier molecular flexibility index (Phi) is 8.18. The summed E-state index contributed by atoms with van der Waals surface area (Å²) >= 11 is 0. The monoisotopic (exact) mass is 417 g/mol. The van der Waals surface area contributed by atoms with Crippen molar-refractivity contribution in [2.24, 2.45) is 0 Å². The molecule has 6 heteroatoms. The Morgan fingerprint density at radius 2 is 1.35 bits per heavy atom. The van der Waals surface area contributed by atoms with Crippen molar-refractivity contribution in [3.05, 3.63) is 83.9 Å². The number of hydrogen-bond donors (Lipinski definition) is 0. The van der Waals surface area contributed by atoms with Gasteiger partial charge in [0.2, 0.25) is 0 Å². The largest absolute Gasteiger partial charge is 0.491 e. The van der Waals surface area contributed by atoms with Crippen LogP contribution in [0.2, 0.25) is 0 Å². The van der Waals surface area contributed by atoms with Gasteiger partial charge < -0.3 is 18.9 Å². The van der Waals surface area contributed by atoms with Gasteiger partial charge in [-0.15, -0.1) is 0 Å². The van der Waals surface area contributed by atoms with E-state index in [9.17, 15) is 4.79 Å². The molecule has 0 amide bonds. The molecule has 0 heterocycles. The van der Waals surface area contributed by atoms with Gasteiger partial charge in [0.25, 0.3) is 0 Å². The third-order valence-corrected chi connectivity index (χ3v) is 4.43. The molecular weight excluding hydrogens is 394 g/mol. The Labute approximate surface area is 181 Å². The third kappa shape index (κ3) is 6.68. The van der Waals surface area contributed by atoms with Crippen LogP contribution in [0.4, 0.5) is 0 Å². The molecule has 0 N–H and O–H groups in total. The summed E-state index contributed by atoms with van der Waals surface area (Å²) in [5, 5.41) is 8.89. The molecule has 0 spiro atoms. The minimum Gasteiger partial charge on any atom is -0.491 e. The summed E-state index contributed by atoms with van der Waals surface area (Å²) in [6, 6.07) is 23.4. The van der Waals surface area contributed by atoms with Crippen molar-refractivity contribution < 1.29 is 23.7 Å². The van der Waals surface area contributed by atoms with Crippen LogP contribution in [0.3, 0.4) is 0 Å². The van der Waals surface area contributed by atoms with Crippen molar-refractivity contribution in [2.45, 2.75) is 0 Å². The lowest BCUT2D eigenvalue weighted by molar-refractivity contribution is 0.0544. The highest BCUT2D eigenvalue weighted by Crippen LogP contribution is 2.23. The Bertz CT molecular complexity index is 1010. The van der Waals surface area contributed by atoms with Crippen molar-refractivity contribution in [3.8, 4) is 28.7 Å². The zero-order chi connectivity index (χ0) is 21.9. The molecule has 31 heavy (non-hydrogen) atoms. The molecule has 6 nitrogen and oxygen atoms in total. The van der Waals surface area contributed by atoms with Crippen LogP contribution in [0.15, 0.2) is 72.8 Å². The van der Waals surface area contributed by atoms with Gasteiger partial charge in [0, 0.05) is 7.11 Å². The van der Waals surface area contributed by atoms with Crippen molar-refractivity contribution >= 4 is 5.97 Å². The normalized spacial score (nSPS) is 10.3. The molecule has 3 aromatic rings. The number of nitrogens with zero attached hydrogens (tertiary/aromatic N) is 1. The van der Waals surface area contributed by atoms with E-state index < -0.39 is 5.97 Å². The molecule has 0 aliphatic carbocycles. The highest BCUT2D eigenvalue weighted by Gasteiger charge is 2.09. The maximum Gasteiger partial charge on any atom is 0.343 e. The number of esters is 1. The number of methoxy groups -OCH3 is 1. The van der Waals surface area contributed by atoms with E-state index in [1.54, 1.807) is 55.6 Å². The molecule has 3 rings (SSSR count). The van der Waals surface area contributed by atoms with E-state index in [2.05, 4.69) is 6.07 Å². The van der Waals surface area contributed by atoms with E-state index in [-0.39, 0.29) is 0 Å². The Morgan fingerprint density at radius 3 is 1.97 bits per heavy atom. The number of benzene rings is 3. The average Bonchev–Trinajstić information content (AvgIpc) is 2.82. The maximum atomic E-state index is 12.4. The molecule has 158 valence electrons. The number of hydrogen-bond acceptors (Lipinski definition) is 6. The molecule has 0 fully saturated rings. The van der Waals surface area contributed by atoms with E-state index in [0.717, 1.165) is 11.1 Å². The van der Waals surface area contributed by atoms with Gasteiger partial charge >= 0.3 is 5.97 Å². The fourth-order valence-electron chi connectivity index (χ4n) is 2.77. The van der Waals surface area contributed by atoms with Gasteiger partial charge in [-0.1, -0.05) is 24.3 Å². The lowest BCUT2D eigenvalue weighted by atomic mass is 10.0. The molecule has 0 saturated carbocycles. The minimum absolute atomic E-state index is 0.416. The van der Waals surface area contributed by atoms with Gasteiger partial charge in [0.15, 0.2) is 0 Å². The maximum absolute atomic E-state index is 12.4. The molecule has 0 radical (unpaired) electrons. The van der Waals surface area contributed by atoms with Crippen molar-refractivity contribution in [1.29, 1.82) is 5.26 Å². The zero-order valence-corrected chi connectivity index (χ0v) is 17.2. The number of nitriles is 1. The molecule has 0 bridgehead atoms. The summed E-state index contributed by atoms with van der Waals surface area (Å²) in [6.07, 6.45) is 0. The van der Waals surface area contributed by atoms with Crippen LogP contribution in [-0.4, -0.2) is 39.5 Å². The fraction of sp³-hybridized carbons (Fsp3) is 0.200. The van der Waals surface area contributed by atoms with Gasteiger partial charge in [-0.2, -0.15) is 5.26 Å². The fourth-order valence-corrected chi connectivity index (χ4v) is 2.77. The lowest BCUT2D eigenvalue weighted by Crippen LogP contribution is -2.10. The Balaban J connectivity index is 1.51. The SMILES string of the molecule is COCCOCCOc1ccc(C(=O)Oc2ccc(-c3ccc(C#N)cc3)cc2)cc1. The van der Waals surface area contributed by atoms with Crippen LogP contribution in [0.5, 0.6) is 11.5 Å². The Morgan fingerprint density at radius 1 is 0.774 bits per heavy atom. The molecule has 0 saturated heterocycles. The van der Waals surface area contributed by atoms with Crippen LogP contribution in [-0.2, 0) is 9.47 Å². The quantitative estimate of drug-likeness (QED) is 0.275. The Hall–Kier alpha value is -3.66. The summed E-state index contributed by atoms with van der Waals surface area (Å²) in [5.74, 6) is 0.662. The first-order chi connectivity index (χ1) is 15.2. The minimum atomic E-state index is -0.444. The second kappa shape index (κ2) is 11.5. The number of ether oxygens (including phenoxy) is 4. The van der Waals surface area contributed by atoms with Gasteiger partial charge in [-0.25, -0.2) is 4.79 Å². The van der Waals surface area contributed by atoms with E-state index in [4.69, 9.17) is 24.2 Å². The van der Waals surface area contributed by atoms with E-state index >= 15 is 0 Å². The molecule has 0 unspecified atom stereocenters. The smallest absolute Gasteiger partial charge is 0.343 e. The van der Waals surface area contributed by atoms with Crippen LogP contribution in [0.1, 0.15) is 15.9 Å². The van der Waals surface area contributed by atoms with Gasteiger partial charge in [0.1, 0.15) is 18.1 Å². The van der Waals surface area contributed by atoms with Gasteiger partial charge in [-0.05, 0) is 59.7 Å². The average molecular weight is 417 g/mol. The topological polar surface area (TPSA) is 77.8 Å². The van der Waals surface area contributed by atoms with Crippen LogP contribution in [0, 0.1) is 11.3 Å². The first kappa shape index (κ1) is 22.0. The lowest BCUT2D eigenvalue weighted by Gasteiger charge is -2.08. The number of carbonyl (C=O) groups excluding carboxylic acids is 1. The van der Waals surface area contributed by atoms with E-state index in [1.807, 2.05) is 24.3 Å². The zero-order valence-electron chi connectivity index (χ0n) is 17.2. The third-order valence-electron chi connectivity index (χ3n) is 4.43. The van der Waals surface area contributed by atoms with Gasteiger partial charge in [-0.3, -0.25) is 0 Å². The molecule has 0 aliphatic rings. The summed E-state index contributed by atoms with van der Waals surface area (Å²) in [5.41, 5.74) is 2.99. The van der Waals surface area contributed by atoms with Crippen LogP contribution >= 0.6 is 0 Å². The first-order valence-electron chi connectivity index (χ1n) is 9.82. The molecule has 0 aliphatic heterocycles. The van der Waals surface area contributed by atoms with Crippen LogP contribution < -0.4 is 9.47 Å². The van der Waals surface area contributed by atoms with E-state index in [1.165, 1.54) is 0 Å². The molecule has 0 aromatic heterocycles. The van der Waals surface area contributed by atoms with Gasteiger partial charge in [0.05, 0.1) is 37.0 Å². The van der Waals surface area contributed by atoms with Crippen molar-refractivity contribution in [2.75, 3.05) is 33.5 Å². The predicted molar refractivity (Wildman–Crippen MR) is 116 cm³/mol. The van der Waals surface area contributed by atoms with Crippen molar-refractivity contribution in [3.63, 3.8) is 0 Å². The van der Waals surface area contributed by atoms with Crippen LogP contribution in [0.25, 0.3) is 11.1 Å². The van der Waals surface area contributed by atoms with E-state index in [0.29, 0.717) is 49.1 Å². The highest BCUT2D eigenvalue weighted by molar-refractivity contribution is 5.91. The van der Waals surface area contributed by atoms with Crippen molar-refractivity contribution in [1.82, 2.24) is 0 Å². The molecule has 3 aromatic carbocycles.